The van der Waals surface area contributed by atoms with Gasteiger partial charge in [-0.05, 0) is 18.9 Å². The molecule has 6 aliphatic rings. The standard InChI is InChI=1S/C25H41NO9/c1-6-26-9-22(10-32-2)12(27)7-13(33-3)24-11-8-23(30)19(28)14(11)25(31,20(29)21(23)35-5)15(18(24)26)16(34-4)17(22)24/h11-21,27-31H,6-10H2,1-5H3/t11-,12-,13+,14?,15+,16+,17?,18?,19-,20+,21+,22+,23+,24+,25-/m1/s1. The predicted molar refractivity (Wildman–Crippen MR) is 121 cm³/mol. The molecule has 10 heteroatoms. The first kappa shape index (κ1) is 24.9. The Balaban J connectivity index is 1.68. The number of piperidine rings is 1. The van der Waals surface area contributed by atoms with Crippen LogP contribution in [0.1, 0.15) is 19.8 Å². The molecule has 0 aromatic heterocycles. The molecule has 0 aromatic carbocycles. The third kappa shape index (κ3) is 2.35. The fourth-order valence-electron chi connectivity index (χ4n) is 11.0. The number of ether oxygens (including phenoxy) is 4. The molecule has 5 aliphatic carbocycles. The SMILES string of the molecule is CCN1C[C@@]2(COC)C3[C@@H](OC)[C@H]4C1[C@]3([C@@H](OC)C[C@H]2O)[C@@H]1C[C@]2(O)[C@H](O)C1[C@]4(O)[C@@H](O)[C@@H]2OC. The highest BCUT2D eigenvalue weighted by Gasteiger charge is 2.90. The Labute approximate surface area is 206 Å². The molecule has 35 heavy (non-hydrogen) atoms. The van der Waals surface area contributed by atoms with E-state index in [0.29, 0.717) is 26.1 Å². The summed E-state index contributed by atoms with van der Waals surface area (Å²) in [5, 5.41) is 59.3. The van der Waals surface area contributed by atoms with E-state index >= 15 is 0 Å². The van der Waals surface area contributed by atoms with Gasteiger partial charge in [0.05, 0.1) is 31.0 Å². The number of aliphatic hydroxyl groups is 5. The lowest BCUT2D eigenvalue weighted by atomic mass is 9.42. The van der Waals surface area contributed by atoms with E-state index < -0.39 is 76.4 Å². The van der Waals surface area contributed by atoms with Crippen LogP contribution >= 0.6 is 0 Å². The number of hydrogen-bond donors (Lipinski definition) is 5. The van der Waals surface area contributed by atoms with Crippen LogP contribution in [0.25, 0.3) is 0 Å². The van der Waals surface area contributed by atoms with Crippen LogP contribution in [0.4, 0.5) is 0 Å². The Kier molecular flexibility index (Phi) is 5.40. The molecule has 15 atom stereocenters. The van der Waals surface area contributed by atoms with Gasteiger partial charge in [0.25, 0.3) is 0 Å². The smallest absolute Gasteiger partial charge is 0.120 e. The molecular formula is C25H41NO9. The van der Waals surface area contributed by atoms with Gasteiger partial charge in [-0.2, -0.15) is 0 Å². The zero-order valence-corrected chi connectivity index (χ0v) is 21.2. The lowest BCUT2D eigenvalue weighted by Gasteiger charge is -2.70. The van der Waals surface area contributed by atoms with E-state index in [0.717, 1.165) is 0 Å². The normalized spacial score (nSPS) is 62.4. The van der Waals surface area contributed by atoms with Crippen LogP contribution in [0.3, 0.4) is 0 Å². The van der Waals surface area contributed by atoms with Crippen molar-refractivity contribution in [3.8, 4) is 0 Å². The number of methoxy groups -OCH3 is 4. The van der Waals surface area contributed by atoms with Crippen molar-refractivity contribution in [3.63, 3.8) is 0 Å². The molecule has 5 saturated carbocycles. The monoisotopic (exact) mass is 499 g/mol. The van der Waals surface area contributed by atoms with E-state index in [4.69, 9.17) is 18.9 Å². The minimum atomic E-state index is -1.76. The molecular weight excluding hydrogens is 458 g/mol. The second-order valence-electron chi connectivity index (χ2n) is 12.1. The van der Waals surface area contributed by atoms with Crippen LogP contribution in [-0.4, -0.2) is 132 Å². The molecule has 3 unspecified atom stereocenters. The summed E-state index contributed by atoms with van der Waals surface area (Å²) in [6, 6.07) is -0.240. The Hall–Kier alpha value is -0.400. The van der Waals surface area contributed by atoms with Gasteiger partial charge in [0.15, 0.2) is 0 Å². The molecule has 0 radical (unpaired) electrons. The minimum Gasteiger partial charge on any atom is -0.392 e. The lowest BCUT2D eigenvalue weighted by molar-refractivity contribution is -0.320. The van der Waals surface area contributed by atoms with Gasteiger partial charge >= 0.3 is 0 Å². The molecule has 0 amide bonds. The molecule has 10 nitrogen and oxygen atoms in total. The van der Waals surface area contributed by atoms with Crippen LogP contribution < -0.4 is 0 Å². The summed E-state index contributed by atoms with van der Waals surface area (Å²) >= 11 is 0. The largest absolute Gasteiger partial charge is 0.392 e. The van der Waals surface area contributed by atoms with Crippen molar-refractivity contribution in [1.82, 2.24) is 4.90 Å². The molecule has 0 aromatic rings. The van der Waals surface area contributed by atoms with Crippen molar-refractivity contribution in [3.05, 3.63) is 0 Å². The van der Waals surface area contributed by atoms with Crippen molar-refractivity contribution >= 4 is 0 Å². The Morgan fingerprint density at radius 2 is 1.66 bits per heavy atom. The van der Waals surface area contributed by atoms with Crippen molar-refractivity contribution in [2.45, 2.75) is 73.6 Å². The van der Waals surface area contributed by atoms with E-state index in [2.05, 4.69) is 11.8 Å². The van der Waals surface area contributed by atoms with E-state index in [1.165, 1.54) is 7.11 Å². The molecule has 5 N–H and O–H groups in total. The van der Waals surface area contributed by atoms with E-state index in [1.54, 1.807) is 21.3 Å². The van der Waals surface area contributed by atoms with Gasteiger partial charge in [0.2, 0.25) is 0 Å². The van der Waals surface area contributed by atoms with Crippen LogP contribution in [-0.2, 0) is 18.9 Å². The minimum absolute atomic E-state index is 0.156. The summed E-state index contributed by atoms with van der Waals surface area (Å²) in [5.74, 6) is -2.04. The second-order valence-corrected chi connectivity index (χ2v) is 12.1. The highest BCUT2D eigenvalue weighted by molar-refractivity contribution is 5.39. The zero-order chi connectivity index (χ0) is 25.3. The Bertz CT molecular complexity index is 878. The van der Waals surface area contributed by atoms with Crippen LogP contribution in [0.2, 0.25) is 0 Å². The molecule has 1 spiro atoms. The first-order chi connectivity index (χ1) is 16.6. The van der Waals surface area contributed by atoms with Crippen molar-refractivity contribution < 1.29 is 44.5 Å². The fraction of sp³-hybridized carbons (Fsp3) is 1.00. The average molecular weight is 500 g/mol. The fourth-order valence-corrected chi connectivity index (χ4v) is 11.0. The topological polar surface area (TPSA) is 141 Å². The van der Waals surface area contributed by atoms with Gasteiger partial charge in [0.1, 0.15) is 23.4 Å². The van der Waals surface area contributed by atoms with Gasteiger partial charge in [0, 0.05) is 76.0 Å². The third-order valence-electron chi connectivity index (χ3n) is 11.7. The van der Waals surface area contributed by atoms with Crippen molar-refractivity contribution in [2.24, 2.45) is 34.5 Å². The quantitative estimate of drug-likeness (QED) is 0.285. The highest BCUT2D eigenvalue weighted by atomic mass is 16.5. The maximum atomic E-state index is 12.6. The number of likely N-dealkylation sites (tertiary alicyclic amines) is 1. The van der Waals surface area contributed by atoms with Gasteiger partial charge < -0.3 is 44.5 Å². The number of fused-ring (bicyclic) bond motifs is 2. The van der Waals surface area contributed by atoms with Gasteiger partial charge in [-0.1, -0.05) is 6.92 Å². The van der Waals surface area contributed by atoms with Gasteiger partial charge in [-0.3, -0.25) is 4.90 Å². The zero-order valence-electron chi connectivity index (χ0n) is 21.2. The molecule has 200 valence electrons. The average Bonchev–Trinajstić information content (AvgIpc) is 3.19. The van der Waals surface area contributed by atoms with Crippen LogP contribution in [0.15, 0.2) is 0 Å². The van der Waals surface area contributed by atoms with Crippen LogP contribution in [0, 0.1) is 34.5 Å². The molecule has 1 saturated heterocycles. The second kappa shape index (κ2) is 7.59. The van der Waals surface area contributed by atoms with Gasteiger partial charge in [-0.25, -0.2) is 0 Å². The van der Waals surface area contributed by atoms with Crippen molar-refractivity contribution in [1.29, 1.82) is 0 Å². The van der Waals surface area contributed by atoms with Crippen molar-refractivity contribution in [2.75, 3.05) is 48.1 Å². The Morgan fingerprint density at radius 1 is 0.943 bits per heavy atom. The van der Waals surface area contributed by atoms with Crippen LogP contribution in [0.5, 0.6) is 0 Å². The molecule has 6 fully saturated rings. The summed E-state index contributed by atoms with van der Waals surface area (Å²) in [5.41, 5.74) is -4.81. The number of nitrogens with zero attached hydrogens (tertiary/aromatic N) is 1. The van der Waals surface area contributed by atoms with E-state index in [1.807, 2.05) is 0 Å². The molecule has 1 heterocycles. The molecule has 6 rings (SSSR count). The maximum Gasteiger partial charge on any atom is 0.120 e. The predicted octanol–water partition coefficient (Wildman–Crippen LogP) is -1.79. The maximum absolute atomic E-state index is 12.6. The first-order valence-corrected chi connectivity index (χ1v) is 12.9. The number of hydrogen-bond acceptors (Lipinski definition) is 10. The first-order valence-electron chi connectivity index (χ1n) is 12.9. The number of rotatable bonds is 6. The summed E-state index contributed by atoms with van der Waals surface area (Å²) in [6.07, 6.45) is -4.95. The van der Waals surface area contributed by atoms with E-state index in [9.17, 15) is 25.5 Å². The third-order valence-corrected chi connectivity index (χ3v) is 11.7. The Morgan fingerprint density at radius 3 is 2.23 bits per heavy atom. The number of aliphatic hydroxyl groups excluding tert-OH is 3. The highest BCUT2D eigenvalue weighted by Crippen LogP contribution is 2.79. The van der Waals surface area contributed by atoms with Gasteiger partial charge in [-0.15, -0.1) is 0 Å². The summed E-state index contributed by atoms with van der Waals surface area (Å²) in [4.78, 5) is 2.29. The summed E-state index contributed by atoms with van der Waals surface area (Å²) in [7, 11) is 6.29. The molecule has 1 aliphatic heterocycles. The molecule has 7 bridgehead atoms. The lowest BCUT2D eigenvalue weighted by Crippen LogP contribution is -2.81. The van der Waals surface area contributed by atoms with E-state index in [-0.39, 0.29) is 18.4 Å². The summed E-state index contributed by atoms with van der Waals surface area (Å²) < 4.78 is 23.7. The summed E-state index contributed by atoms with van der Waals surface area (Å²) in [6.45, 7) is 3.58.